The summed E-state index contributed by atoms with van der Waals surface area (Å²) in [6, 6.07) is 7.36. The zero-order chi connectivity index (χ0) is 12.3. The number of para-hydroxylation sites is 1. The number of carbonyl (C=O) groups is 1. The molecule has 0 radical (unpaired) electrons. The normalized spacial score (nSPS) is 10.2. The molecule has 0 aliphatic rings. The first-order valence-corrected chi connectivity index (χ1v) is 5.19. The van der Waals surface area contributed by atoms with Gasteiger partial charge in [-0.05, 0) is 24.3 Å². The molecule has 0 aliphatic heterocycles. The van der Waals surface area contributed by atoms with E-state index in [-0.39, 0.29) is 23.1 Å². The van der Waals surface area contributed by atoms with Gasteiger partial charge in [-0.3, -0.25) is 4.79 Å². The van der Waals surface area contributed by atoms with Crippen LogP contribution in [0.4, 0.5) is 4.39 Å². The van der Waals surface area contributed by atoms with Gasteiger partial charge in [0.15, 0.2) is 23.6 Å². The highest BCUT2D eigenvalue weighted by Gasteiger charge is 2.09. The third-order valence-corrected chi connectivity index (χ3v) is 2.37. The number of aldehydes is 1. The van der Waals surface area contributed by atoms with Crippen LogP contribution in [0.2, 0.25) is 5.02 Å². The second kappa shape index (κ2) is 5.01. The molecule has 0 spiro atoms. The molecule has 5 heteroatoms. The van der Waals surface area contributed by atoms with E-state index in [9.17, 15) is 9.18 Å². The topological polar surface area (TPSA) is 39.4 Å². The summed E-state index contributed by atoms with van der Waals surface area (Å²) in [7, 11) is 0. The Morgan fingerprint density at radius 2 is 2.18 bits per heavy atom. The van der Waals surface area contributed by atoms with Gasteiger partial charge < -0.3 is 9.15 Å². The van der Waals surface area contributed by atoms with E-state index < -0.39 is 5.82 Å². The number of furan rings is 1. The van der Waals surface area contributed by atoms with E-state index >= 15 is 0 Å². The highest BCUT2D eigenvalue weighted by molar-refractivity contribution is 6.32. The van der Waals surface area contributed by atoms with Crippen molar-refractivity contribution in [3.8, 4) is 5.75 Å². The van der Waals surface area contributed by atoms with Crippen LogP contribution in [0.3, 0.4) is 0 Å². The smallest absolute Gasteiger partial charge is 0.185 e. The van der Waals surface area contributed by atoms with Crippen LogP contribution in [-0.2, 0) is 6.61 Å². The lowest BCUT2D eigenvalue weighted by Crippen LogP contribution is -1.96. The summed E-state index contributed by atoms with van der Waals surface area (Å²) in [5.41, 5.74) is 0. The summed E-state index contributed by atoms with van der Waals surface area (Å²) in [5, 5.41) is 0.187. The zero-order valence-corrected chi connectivity index (χ0v) is 9.41. The number of benzene rings is 1. The van der Waals surface area contributed by atoms with Gasteiger partial charge in [-0.25, -0.2) is 4.39 Å². The summed E-state index contributed by atoms with van der Waals surface area (Å²) in [6.45, 7) is 0.00843. The first-order chi connectivity index (χ1) is 8.20. The van der Waals surface area contributed by atoms with Crippen molar-refractivity contribution < 1.29 is 18.3 Å². The summed E-state index contributed by atoms with van der Waals surface area (Å²) in [4.78, 5) is 10.4. The van der Waals surface area contributed by atoms with Gasteiger partial charge in [-0.2, -0.15) is 0 Å². The molecule has 0 aliphatic carbocycles. The molecule has 0 saturated carbocycles. The second-order valence-electron chi connectivity index (χ2n) is 3.26. The van der Waals surface area contributed by atoms with Gasteiger partial charge in [0.05, 0.1) is 5.02 Å². The Labute approximate surface area is 102 Å². The van der Waals surface area contributed by atoms with Gasteiger partial charge in [0, 0.05) is 0 Å². The standard InChI is InChI=1S/C12H8ClFO3/c13-10-2-1-3-11(14)12(10)16-7-9-5-4-8(6-15)17-9/h1-6H,7H2. The highest BCUT2D eigenvalue weighted by Crippen LogP contribution is 2.28. The van der Waals surface area contributed by atoms with Gasteiger partial charge in [-0.15, -0.1) is 0 Å². The molecule has 0 unspecified atom stereocenters. The first kappa shape index (κ1) is 11.7. The van der Waals surface area contributed by atoms with Crippen LogP contribution in [0, 0.1) is 5.82 Å². The highest BCUT2D eigenvalue weighted by atomic mass is 35.5. The maximum Gasteiger partial charge on any atom is 0.185 e. The molecule has 17 heavy (non-hydrogen) atoms. The van der Waals surface area contributed by atoms with Crippen molar-refractivity contribution in [2.45, 2.75) is 6.61 Å². The maximum atomic E-state index is 13.3. The van der Waals surface area contributed by atoms with E-state index in [0.29, 0.717) is 12.0 Å². The van der Waals surface area contributed by atoms with Crippen molar-refractivity contribution in [2.24, 2.45) is 0 Å². The Kier molecular flexibility index (Phi) is 3.44. The Morgan fingerprint density at radius 3 is 2.82 bits per heavy atom. The van der Waals surface area contributed by atoms with E-state index in [1.54, 1.807) is 6.07 Å². The van der Waals surface area contributed by atoms with Crippen molar-refractivity contribution in [3.05, 3.63) is 52.7 Å². The van der Waals surface area contributed by atoms with E-state index in [4.69, 9.17) is 20.8 Å². The molecular weight excluding hydrogens is 247 g/mol. The van der Waals surface area contributed by atoms with Crippen molar-refractivity contribution in [2.75, 3.05) is 0 Å². The Morgan fingerprint density at radius 1 is 1.35 bits per heavy atom. The lowest BCUT2D eigenvalue weighted by Gasteiger charge is -2.06. The minimum atomic E-state index is -0.542. The minimum absolute atomic E-state index is 0.00843. The molecule has 1 aromatic carbocycles. The molecule has 1 aromatic heterocycles. The molecule has 1 heterocycles. The molecule has 0 atom stereocenters. The molecular formula is C12H8ClFO3. The van der Waals surface area contributed by atoms with Crippen LogP contribution < -0.4 is 4.74 Å². The largest absolute Gasteiger partial charge is 0.481 e. The van der Waals surface area contributed by atoms with Crippen molar-refractivity contribution >= 4 is 17.9 Å². The predicted octanol–water partition coefficient (Wildman–Crippen LogP) is 3.46. The summed E-state index contributed by atoms with van der Waals surface area (Å²) in [6.07, 6.45) is 0.583. The van der Waals surface area contributed by atoms with Crippen LogP contribution in [0.1, 0.15) is 16.3 Å². The lowest BCUT2D eigenvalue weighted by molar-refractivity contribution is 0.109. The number of halogens is 2. The fourth-order valence-electron chi connectivity index (χ4n) is 1.30. The number of rotatable bonds is 4. The van der Waals surface area contributed by atoms with Gasteiger partial charge >= 0.3 is 0 Å². The van der Waals surface area contributed by atoms with E-state index in [0.717, 1.165) is 0 Å². The van der Waals surface area contributed by atoms with Gasteiger partial charge in [0.2, 0.25) is 0 Å². The van der Waals surface area contributed by atoms with E-state index in [1.807, 2.05) is 0 Å². The molecule has 0 N–H and O–H groups in total. The molecule has 0 saturated heterocycles. The van der Waals surface area contributed by atoms with Gasteiger partial charge in [-0.1, -0.05) is 17.7 Å². The molecule has 0 fully saturated rings. The molecule has 0 bridgehead atoms. The van der Waals surface area contributed by atoms with E-state index in [1.165, 1.54) is 24.3 Å². The third-order valence-electron chi connectivity index (χ3n) is 2.08. The van der Waals surface area contributed by atoms with Crippen molar-refractivity contribution in [1.82, 2.24) is 0 Å². The number of hydrogen-bond acceptors (Lipinski definition) is 3. The summed E-state index contributed by atoms with van der Waals surface area (Å²) < 4.78 is 23.6. The zero-order valence-electron chi connectivity index (χ0n) is 8.65. The SMILES string of the molecule is O=Cc1ccc(COc2c(F)cccc2Cl)o1. The summed E-state index contributed by atoms with van der Waals surface area (Å²) in [5.74, 6) is 0.0486. The molecule has 3 nitrogen and oxygen atoms in total. The van der Waals surface area contributed by atoms with Crippen LogP contribution in [-0.4, -0.2) is 6.29 Å². The molecule has 2 aromatic rings. The quantitative estimate of drug-likeness (QED) is 0.785. The predicted molar refractivity (Wildman–Crippen MR) is 59.8 cm³/mol. The van der Waals surface area contributed by atoms with Crippen LogP contribution in [0.5, 0.6) is 5.75 Å². The first-order valence-electron chi connectivity index (χ1n) is 4.81. The van der Waals surface area contributed by atoms with E-state index in [2.05, 4.69) is 0 Å². The Balaban J connectivity index is 2.09. The number of carbonyl (C=O) groups excluding carboxylic acids is 1. The third kappa shape index (κ3) is 2.65. The number of hydrogen-bond donors (Lipinski definition) is 0. The van der Waals surface area contributed by atoms with Gasteiger partial charge in [0.25, 0.3) is 0 Å². The van der Waals surface area contributed by atoms with Crippen LogP contribution in [0.25, 0.3) is 0 Å². The monoisotopic (exact) mass is 254 g/mol. The average Bonchev–Trinajstić information content (AvgIpc) is 2.76. The Bertz CT molecular complexity index is 516. The fraction of sp³-hybridized carbons (Fsp3) is 0.0833. The second-order valence-corrected chi connectivity index (χ2v) is 3.67. The van der Waals surface area contributed by atoms with Gasteiger partial charge in [0.1, 0.15) is 12.4 Å². The lowest BCUT2D eigenvalue weighted by atomic mass is 10.3. The fourth-order valence-corrected chi connectivity index (χ4v) is 1.52. The summed E-state index contributed by atoms with van der Waals surface area (Å²) >= 11 is 5.78. The number of ether oxygens (including phenoxy) is 1. The Hall–Kier alpha value is -1.81. The minimum Gasteiger partial charge on any atom is -0.481 e. The van der Waals surface area contributed by atoms with Crippen LogP contribution >= 0.6 is 11.6 Å². The van der Waals surface area contributed by atoms with Crippen LogP contribution in [0.15, 0.2) is 34.7 Å². The maximum absolute atomic E-state index is 13.3. The molecule has 2 rings (SSSR count). The van der Waals surface area contributed by atoms with Crippen molar-refractivity contribution in [3.63, 3.8) is 0 Å². The average molecular weight is 255 g/mol. The molecule has 88 valence electrons. The van der Waals surface area contributed by atoms with Crippen molar-refractivity contribution in [1.29, 1.82) is 0 Å². The molecule has 0 amide bonds.